The molecule has 20 heavy (non-hydrogen) atoms. The number of nitriles is 2. The fourth-order valence-electron chi connectivity index (χ4n) is 1.59. The van der Waals surface area contributed by atoms with Gasteiger partial charge in [0.1, 0.15) is 12.1 Å². The molecule has 0 aliphatic carbocycles. The van der Waals surface area contributed by atoms with E-state index in [1.807, 2.05) is 0 Å². The van der Waals surface area contributed by atoms with Gasteiger partial charge in [-0.15, -0.1) is 0 Å². The second-order valence-electron chi connectivity index (χ2n) is 3.87. The predicted octanol–water partition coefficient (Wildman–Crippen LogP) is 0.971. The Morgan fingerprint density at radius 2 is 1.85 bits per heavy atom. The van der Waals surface area contributed by atoms with Gasteiger partial charge in [0.15, 0.2) is 11.1 Å². The van der Waals surface area contributed by atoms with E-state index in [9.17, 15) is 17.2 Å². The van der Waals surface area contributed by atoms with E-state index in [0.717, 1.165) is 0 Å². The first-order valence-electron chi connectivity index (χ1n) is 5.27. The maximum atomic E-state index is 11.3. The van der Waals surface area contributed by atoms with Gasteiger partial charge in [-0.3, -0.25) is 4.55 Å². The molecule has 0 aliphatic rings. The lowest BCUT2D eigenvalue weighted by Crippen LogP contribution is -2.13. The summed E-state index contributed by atoms with van der Waals surface area (Å²) < 4.78 is 50.5. The van der Waals surface area contributed by atoms with Crippen LogP contribution in [-0.4, -0.2) is 27.5 Å². The molecule has 0 amide bonds. The summed E-state index contributed by atoms with van der Waals surface area (Å²) in [5.74, 6) is -0.675. The standard InChI is InChI=1S/C11H10N2O5S2/c12-6-9-2-1-8(5-10(9)7-13)11(19(14)15)3-4-20(16,17)18/h1-2,5,11H,3-4H2,(H,14,15)(H,16,17,18). The molecule has 0 aliphatic heterocycles. The van der Waals surface area contributed by atoms with Crippen LogP contribution in [0.1, 0.15) is 28.4 Å². The molecule has 9 heteroatoms. The van der Waals surface area contributed by atoms with Gasteiger partial charge in [-0.1, -0.05) is 6.07 Å². The van der Waals surface area contributed by atoms with Crippen molar-refractivity contribution in [3.63, 3.8) is 0 Å². The molecule has 2 N–H and O–H groups in total. The molecular weight excluding hydrogens is 304 g/mol. The van der Waals surface area contributed by atoms with Crippen LogP contribution >= 0.6 is 0 Å². The third-order valence-electron chi connectivity index (χ3n) is 2.54. The Morgan fingerprint density at radius 1 is 1.25 bits per heavy atom. The number of benzene rings is 1. The zero-order chi connectivity index (χ0) is 15.3. The second kappa shape index (κ2) is 6.59. The molecule has 1 aromatic rings. The van der Waals surface area contributed by atoms with Crippen LogP contribution in [0.5, 0.6) is 0 Å². The Morgan fingerprint density at radius 3 is 2.30 bits per heavy atom. The summed E-state index contributed by atoms with van der Waals surface area (Å²) in [6.07, 6.45) is -0.279. The van der Waals surface area contributed by atoms with Crippen molar-refractivity contribution < 1.29 is 21.7 Å². The highest BCUT2D eigenvalue weighted by atomic mass is 32.2. The van der Waals surface area contributed by atoms with Gasteiger partial charge in [-0.05, 0) is 24.1 Å². The van der Waals surface area contributed by atoms with E-state index in [4.69, 9.17) is 15.1 Å². The van der Waals surface area contributed by atoms with Crippen LogP contribution in [0, 0.1) is 22.7 Å². The van der Waals surface area contributed by atoms with Gasteiger partial charge in [-0.25, -0.2) is 4.21 Å². The quantitative estimate of drug-likeness (QED) is 0.609. The molecule has 106 valence electrons. The first kappa shape index (κ1) is 16.3. The highest BCUT2D eigenvalue weighted by Gasteiger charge is 2.21. The fourth-order valence-corrected chi connectivity index (χ4v) is 2.97. The molecule has 1 aromatic carbocycles. The SMILES string of the molecule is N#Cc1ccc(C(CCS(=O)(=O)O)S(=O)O)cc1C#N. The normalized spacial score (nSPS) is 14.0. The molecule has 0 aromatic heterocycles. The third kappa shape index (κ3) is 4.40. The lowest BCUT2D eigenvalue weighted by atomic mass is 10.0. The first-order valence-corrected chi connectivity index (χ1v) is 8.05. The maximum absolute atomic E-state index is 11.3. The second-order valence-corrected chi connectivity index (χ2v) is 6.56. The van der Waals surface area contributed by atoms with E-state index in [0.29, 0.717) is 0 Å². The largest absolute Gasteiger partial charge is 0.306 e. The Labute approximate surface area is 118 Å². The molecular formula is C11H10N2O5S2. The van der Waals surface area contributed by atoms with Crippen molar-refractivity contribution >= 4 is 21.2 Å². The third-order valence-corrected chi connectivity index (χ3v) is 4.28. The highest BCUT2D eigenvalue weighted by Crippen LogP contribution is 2.25. The lowest BCUT2D eigenvalue weighted by molar-refractivity contribution is 0.479. The van der Waals surface area contributed by atoms with Crippen LogP contribution in [0.25, 0.3) is 0 Å². The molecule has 0 bridgehead atoms. The smallest absolute Gasteiger partial charge is 0.264 e. The number of hydrogen-bond acceptors (Lipinski definition) is 5. The van der Waals surface area contributed by atoms with Crippen molar-refractivity contribution in [1.29, 1.82) is 10.5 Å². The zero-order valence-corrected chi connectivity index (χ0v) is 11.7. The summed E-state index contributed by atoms with van der Waals surface area (Å²) in [5.41, 5.74) is 0.408. The van der Waals surface area contributed by atoms with Gasteiger partial charge in [0, 0.05) is 0 Å². The van der Waals surface area contributed by atoms with Gasteiger partial charge >= 0.3 is 0 Å². The summed E-state index contributed by atoms with van der Waals surface area (Å²) in [6, 6.07) is 7.55. The summed E-state index contributed by atoms with van der Waals surface area (Å²) in [6.45, 7) is 0. The molecule has 0 saturated heterocycles. The number of rotatable bonds is 5. The molecule has 0 fully saturated rings. The van der Waals surface area contributed by atoms with E-state index in [-0.39, 0.29) is 23.1 Å². The van der Waals surface area contributed by atoms with Gasteiger partial charge in [0.2, 0.25) is 0 Å². The van der Waals surface area contributed by atoms with Crippen LogP contribution in [0.3, 0.4) is 0 Å². The summed E-state index contributed by atoms with van der Waals surface area (Å²) in [4.78, 5) is 0. The van der Waals surface area contributed by atoms with E-state index in [1.54, 1.807) is 12.1 Å². The van der Waals surface area contributed by atoms with E-state index in [2.05, 4.69) is 0 Å². The monoisotopic (exact) mass is 314 g/mol. The Balaban J connectivity index is 3.14. The van der Waals surface area contributed by atoms with Crippen molar-refractivity contribution in [2.24, 2.45) is 0 Å². The number of hydrogen-bond donors (Lipinski definition) is 2. The first-order chi connectivity index (χ1) is 9.28. The van der Waals surface area contributed by atoms with Crippen molar-refractivity contribution in [3.05, 3.63) is 34.9 Å². The summed E-state index contributed by atoms with van der Waals surface area (Å²) in [5, 5.41) is 16.6. The molecule has 7 nitrogen and oxygen atoms in total. The molecule has 1 rings (SSSR count). The van der Waals surface area contributed by atoms with Crippen molar-refractivity contribution in [3.8, 4) is 12.1 Å². The maximum Gasteiger partial charge on any atom is 0.264 e. The predicted molar refractivity (Wildman–Crippen MR) is 70.4 cm³/mol. The van der Waals surface area contributed by atoms with Crippen molar-refractivity contribution in [2.75, 3.05) is 5.75 Å². The van der Waals surface area contributed by atoms with E-state index in [1.165, 1.54) is 18.2 Å². The van der Waals surface area contributed by atoms with E-state index >= 15 is 0 Å². The molecule has 0 heterocycles. The number of nitrogens with zero attached hydrogens (tertiary/aromatic N) is 2. The molecule has 2 atom stereocenters. The summed E-state index contributed by atoms with van der Waals surface area (Å²) >= 11 is -2.38. The minimum Gasteiger partial charge on any atom is -0.306 e. The Hall–Kier alpha value is -1.78. The minimum absolute atomic E-state index is 0.0345. The van der Waals surface area contributed by atoms with Crippen LogP contribution in [0.15, 0.2) is 18.2 Å². The van der Waals surface area contributed by atoms with Crippen molar-refractivity contribution in [2.45, 2.75) is 11.7 Å². The summed E-state index contributed by atoms with van der Waals surface area (Å²) in [7, 11) is -4.25. The van der Waals surface area contributed by atoms with Crippen LogP contribution in [-0.2, 0) is 21.2 Å². The Bertz CT molecular complexity index is 715. The average molecular weight is 314 g/mol. The molecule has 0 saturated carbocycles. The topological polar surface area (TPSA) is 139 Å². The Kier molecular flexibility index (Phi) is 5.36. The van der Waals surface area contributed by atoms with Gasteiger partial charge in [0.25, 0.3) is 10.1 Å². The van der Waals surface area contributed by atoms with Gasteiger partial charge in [0.05, 0.1) is 22.1 Å². The minimum atomic E-state index is -4.25. The van der Waals surface area contributed by atoms with Crippen LogP contribution in [0.4, 0.5) is 0 Å². The molecule has 0 radical (unpaired) electrons. The zero-order valence-electron chi connectivity index (χ0n) is 10.1. The fraction of sp³-hybridized carbons (Fsp3) is 0.273. The van der Waals surface area contributed by atoms with Crippen molar-refractivity contribution in [1.82, 2.24) is 0 Å². The average Bonchev–Trinajstić information content (AvgIpc) is 2.36. The molecule has 2 unspecified atom stereocenters. The van der Waals surface area contributed by atoms with Gasteiger partial charge < -0.3 is 4.55 Å². The van der Waals surface area contributed by atoms with Crippen LogP contribution in [0.2, 0.25) is 0 Å². The highest BCUT2D eigenvalue weighted by molar-refractivity contribution is 7.85. The van der Waals surface area contributed by atoms with E-state index < -0.39 is 32.2 Å². The lowest BCUT2D eigenvalue weighted by Gasteiger charge is -2.13. The van der Waals surface area contributed by atoms with Gasteiger partial charge in [-0.2, -0.15) is 18.9 Å². The molecule has 0 spiro atoms. The van der Waals surface area contributed by atoms with Crippen LogP contribution < -0.4 is 0 Å².